The third-order valence-corrected chi connectivity index (χ3v) is 6.12. The van der Waals surface area contributed by atoms with Crippen LogP contribution in [0.4, 0.5) is 11.4 Å². The molecule has 0 atom stereocenters. The smallest absolute Gasteiger partial charge is 0.255 e. The van der Waals surface area contributed by atoms with Gasteiger partial charge < -0.3 is 15.1 Å². The topological polar surface area (TPSA) is 52.7 Å². The van der Waals surface area contributed by atoms with Crippen LogP contribution in [0.5, 0.6) is 0 Å². The Morgan fingerprint density at radius 1 is 0.719 bits per heavy atom. The zero-order valence-electron chi connectivity index (χ0n) is 18.9. The van der Waals surface area contributed by atoms with E-state index in [1.807, 2.05) is 92.4 Å². The van der Waals surface area contributed by atoms with Gasteiger partial charge in [0.1, 0.15) is 0 Å². The average Bonchev–Trinajstić information content (AvgIpc) is 2.81. The fourth-order valence-electron chi connectivity index (χ4n) is 3.89. The molecular formula is C27H29N3O2. The van der Waals surface area contributed by atoms with Crippen molar-refractivity contribution in [3.05, 3.63) is 94.5 Å². The number of hydrogen-bond acceptors (Lipinski definition) is 3. The number of benzene rings is 3. The molecule has 0 unspecified atom stereocenters. The largest absolute Gasteiger partial charge is 0.368 e. The Balaban J connectivity index is 1.33. The van der Waals surface area contributed by atoms with Gasteiger partial charge >= 0.3 is 0 Å². The second-order valence-corrected chi connectivity index (χ2v) is 8.45. The number of amides is 2. The first kappa shape index (κ1) is 21.6. The minimum Gasteiger partial charge on any atom is -0.368 e. The van der Waals surface area contributed by atoms with Crippen LogP contribution in [0, 0.1) is 20.8 Å². The molecule has 1 saturated heterocycles. The normalized spacial score (nSPS) is 13.7. The molecule has 164 valence electrons. The predicted octanol–water partition coefficient (Wildman–Crippen LogP) is 4.83. The number of anilines is 2. The summed E-state index contributed by atoms with van der Waals surface area (Å²) >= 11 is 0. The highest BCUT2D eigenvalue weighted by Crippen LogP contribution is 2.21. The standard InChI is InChI=1S/C27H29N3O2/c1-19-4-7-22(8-5-19)27(32)30-16-14-29(15-17-30)25-12-10-24(11-13-25)28-26(31)23-9-6-20(2)21(3)18-23/h4-13,18H,14-17H2,1-3H3,(H,28,31). The maximum absolute atomic E-state index is 12.7. The van der Waals surface area contributed by atoms with E-state index in [1.54, 1.807) is 0 Å². The van der Waals surface area contributed by atoms with E-state index >= 15 is 0 Å². The van der Waals surface area contributed by atoms with Gasteiger partial charge in [0.05, 0.1) is 0 Å². The highest BCUT2D eigenvalue weighted by Gasteiger charge is 2.22. The number of carbonyl (C=O) groups excluding carboxylic acids is 2. The summed E-state index contributed by atoms with van der Waals surface area (Å²) in [5.74, 6) is -0.0156. The first-order chi connectivity index (χ1) is 15.4. The first-order valence-electron chi connectivity index (χ1n) is 11.0. The third kappa shape index (κ3) is 4.83. The van der Waals surface area contributed by atoms with Gasteiger partial charge in [-0.3, -0.25) is 9.59 Å². The van der Waals surface area contributed by atoms with Crippen molar-refractivity contribution < 1.29 is 9.59 Å². The molecule has 1 N–H and O–H groups in total. The number of nitrogens with zero attached hydrogens (tertiary/aromatic N) is 2. The lowest BCUT2D eigenvalue weighted by atomic mass is 10.1. The van der Waals surface area contributed by atoms with Crippen molar-refractivity contribution in [2.45, 2.75) is 20.8 Å². The summed E-state index contributed by atoms with van der Waals surface area (Å²) in [6.45, 7) is 9.02. The second kappa shape index (κ2) is 9.27. The molecule has 0 saturated carbocycles. The van der Waals surface area contributed by atoms with E-state index < -0.39 is 0 Å². The number of piperazine rings is 1. The van der Waals surface area contributed by atoms with Gasteiger partial charge in [0.15, 0.2) is 0 Å². The quantitative estimate of drug-likeness (QED) is 0.649. The van der Waals surface area contributed by atoms with Gasteiger partial charge in [-0.1, -0.05) is 23.8 Å². The van der Waals surface area contributed by atoms with Crippen molar-refractivity contribution in [2.24, 2.45) is 0 Å². The molecule has 5 heteroatoms. The van der Waals surface area contributed by atoms with Crippen LogP contribution >= 0.6 is 0 Å². The summed E-state index contributed by atoms with van der Waals surface area (Å²) in [5, 5.41) is 2.97. The molecular weight excluding hydrogens is 398 g/mol. The SMILES string of the molecule is Cc1ccc(C(=O)N2CCN(c3ccc(NC(=O)c4ccc(C)c(C)c4)cc3)CC2)cc1. The molecule has 3 aromatic rings. The minimum atomic E-state index is -0.107. The van der Waals surface area contributed by atoms with Crippen molar-refractivity contribution >= 4 is 23.2 Å². The lowest BCUT2D eigenvalue weighted by Crippen LogP contribution is -2.48. The Hall–Kier alpha value is -3.60. The number of aryl methyl sites for hydroxylation is 3. The Kier molecular flexibility index (Phi) is 6.26. The molecule has 0 bridgehead atoms. The van der Waals surface area contributed by atoms with E-state index in [0.29, 0.717) is 18.7 Å². The molecule has 1 fully saturated rings. The summed E-state index contributed by atoms with van der Waals surface area (Å²) in [7, 11) is 0. The third-order valence-electron chi connectivity index (χ3n) is 6.12. The molecule has 0 spiro atoms. The average molecular weight is 428 g/mol. The van der Waals surface area contributed by atoms with Crippen LogP contribution < -0.4 is 10.2 Å². The van der Waals surface area contributed by atoms with Crippen LogP contribution in [0.3, 0.4) is 0 Å². The van der Waals surface area contributed by atoms with Gasteiger partial charge in [-0.2, -0.15) is 0 Å². The van der Waals surface area contributed by atoms with Crippen LogP contribution in [0.15, 0.2) is 66.7 Å². The minimum absolute atomic E-state index is 0.0917. The highest BCUT2D eigenvalue weighted by atomic mass is 16.2. The second-order valence-electron chi connectivity index (χ2n) is 8.45. The molecule has 0 radical (unpaired) electrons. The van der Waals surface area contributed by atoms with E-state index in [9.17, 15) is 9.59 Å². The lowest BCUT2D eigenvalue weighted by molar-refractivity contribution is 0.0746. The van der Waals surface area contributed by atoms with Crippen LogP contribution in [0.25, 0.3) is 0 Å². The van der Waals surface area contributed by atoms with Crippen LogP contribution in [0.2, 0.25) is 0 Å². The van der Waals surface area contributed by atoms with E-state index in [1.165, 1.54) is 5.56 Å². The molecule has 3 aromatic carbocycles. The van der Waals surface area contributed by atoms with E-state index in [2.05, 4.69) is 10.2 Å². The first-order valence-corrected chi connectivity index (χ1v) is 11.0. The molecule has 1 aliphatic heterocycles. The number of hydrogen-bond donors (Lipinski definition) is 1. The van der Waals surface area contributed by atoms with Crippen molar-refractivity contribution in [1.29, 1.82) is 0 Å². The maximum atomic E-state index is 12.7. The van der Waals surface area contributed by atoms with Gasteiger partial charge in [0, 0.05) is 48.7 Å². The molecule has 32 heavy (non-hydrogen) atoms. The number of rotatable bonds is 4. The zero-order chi connectivity index (χ0) is 22.7. The summed E-state index contributed by atoms with van der Waals surface area (Å²) in [6.07, 6.45) is 0. The van der Waals surface area contributed by atoms with Crippen molar-refractivity contribution in [1.82, 2.24) is 4.90 Å². The molecule has 5 nitrogen and oxygen atoms in total. The maximum Gasteiger partial charge on any atom is 0.255 e. The summed E-state index contributed by atoms with van der Waals surface area (Å²) in [6, 6.07) is 21.4. The van der Waals surface area contributed by atoms with Gasteiger partial charge in [0.25, 0.3) is 11.8 Å². The fourth-order valence-corrected chi connectivity index (χ4v) is 3.89. The Bertz CT molecular complexity index is 1110. The predicted molar refractivity (Wildman–Crippen MR) is 130 cm³/mol. The van der Waals surface area contributed by atoms with Crippen molar-refractivity contribution in [3.63, 3.8) is 0 Å². The molecule has 1 aliphatic rings. The molecule has 2 amide bonds. The van der Waals surface area contributed by atoms with E-state index in [0.717, 1.165) is 41.2 Å². The summed E-state index contributed by atoms with van der Waals surface area (Å²) < 4.78 is 0. The summed E-state index contributed by atoms with van der Waals surface area (Å²) in [4.78, 5) is 29.5. The van der Waals surface area contributed by atoms with Crippen molar-refractivity contribution in [3.8, 4) is 0 Å². The fraction of sp³-hybridized carbons (Fsp3) is 0.259. The zero-order valence-corrected chi connectivity index (χ0v) is 18.9. The van der Waals surface area contributed by atoms with Gasteiger partial charge in [-0.15, -0.1) is 0 Å². The lowest BCUT2D eigenvalue weighted by Gasteiger charge is -2.36. The number of nitrogens with one attached hydrogen (secondary N) is 1. The van der Waals surface area contributed by atoms with Gasteiger partial charge in [0.2, 0.25) is 0 Å². The number of carbonyl (C=O) groups is 2. The monoisotopic (exact) mass is 427 g/mol. The molecule has 0 aromatic heterocycles. The van der Waals surface area contributed by atoms with E-state index in [4.69, 9.17) is 0 Å². The van der Waals surface area contributed by atoms with Crippen LogP contribution in [-0.4, -0.2) is 42.9 Å². The molecule has 4 rings (SSSR count). The van der Waals surface area contributed by atoms with Gasteiger partial charge in [-0.05, 0) is 80.4 Å². The Morgan fingerprint density at radius 3 is 1.97 bits per heavy atom. The molecule has 0 aliphatic carbocycles. The van der Waals surface area contributed by atoms with Crippen LogP contribution in [-0.2, 0) is 0 Å². The van der Waals surface area contributed by atoms with Crippen LogP contribution in [0.1, 0.15) is 37.4 Å². The Morgan fingerprint density at radius 2 is 1.34 bits per heavy atom. The van der Waals surface area contributed by atoms with Crippen molar-refractivity contribution in [2.75, 3.05) is 36.4 Å². The molecule has 1 heterocycles. The van der Waals surface area contributed by atoms with Gasteiger partial charge in [-0.25, -0.2) is 0 Å². The highest BCUT2D eigenvalue weighted by molar-refractivity contribution is 6.04. The Labute approximate surface area is 189 Å². The van der Waals surface area contributed by atoms with E-state index in [-0.39, 0.29) is 11.8 Å². The summed E-state index contributed by atoms with van der Waals surface area (Å²) in [5.41, 5.74) is 6.70.